The number of aromatic amines is 1. The van der Waals surface area contributed by atoms with Crippen LogP contribution in [0.2, 0.25) is 0 Å². The third-order valence-corrected chi connectivity index (χ3v) is 7.31. The van der Waals surface area contributed by atoms with Crippen LogP contribution in [-0.4, -0.2) is 39.3 Å². The van der Waals surface area contributed by atoms with Gasteiger partial charge in [-0.3, -0.25) is 9.69 Å². The molecule has 3 heterocycles. The zero-order valence-corrected chi connectivity index (χ0v) is 18.1. The van der Waals surface area contributed by atoms with Gasteiger partial charge in [-0.1, -0.05) is 29.5 Å². The van der Waals surface area contributed by atoms with Crippen molar-refractivity contribution < 1.29 is 14.5 Å². The molecule has 0 saturated carbocycles. The first-order valence-corrected chi connectivity index (χ1v) is 11.4. The molecule has 3 aromatic rings. The third-order valence-electron chi connectivity index (χ3n) is 6.20. The molecule has 0 radical (unpaired) electrons. The summed E-state index contributed by atoms with van der Waals surface area (Å²) in [6.07, 6.45) is 4.42. The number of H-pyrrole nitrogens is 1. The number of hydrogen-bond acceptors (Lipinski definition) is 5. The molecule has 1 amide bonds. The van der Waals surface area contributed by atoms with E-state index in [1.165, 1.54) is 34.7 Å². The minimum atomic E-state index is -0.0641. The lowest BCUT2D eigenvalue weighted by Crippen LogP contribution is -2.40. The largest absolute Gasteiger partial charge is 0.397 e. The highest BCUT2D eigenvalue weighted by Crippen LogP contribution is 2.40. The number of nitrogens with two attached hydrogens (primary N) is 1. The zero-order valence-electron chi connectivity index (χ0n) is 17.2. The summed E-state index contributed by atoms with van der Waals surface area (Å²) in [6, 6.07) is 9.69. The molecule has 0 atom stereocenters. The normalized spacial score (nSPS) is 16.5. The summed E-state index contributed by atoms with van der Waals surface area (Å²) in [7, 11) is 1.81. The molecule has 6 nitrogen and oxygen atoms in total. The van der Waals surface area contributed by atoms with E-state index >= 15 is 0 Å². The van der Waals surface area contributed by atoms with Gasteiger partial charge in [0.25, 0.3) is 11.7 Å². The number of thiophene rings is 1. The molecule has 1 saturated heterocycles. The number of rotatable bonds is 3. The number of aromatic nitrogens is 1. The number of morpholine rings is 1. The molecular weight excluding hydrogens is 396 g/mol. The average Bonchev–Trinajstić information content (AvgIpc) is 3.15. The molecular formula is C23H27N4O2S+. The van der Waals surface area contributed by atoms with Crippen molar-refractivity contribution in [2.24, 2.45) is 0 Å². The quantitative estimate of drug-likeness (QED) is 0.702. The number of carbonyl (C=O) groups excluding carboxylic acids is 1. The number of aryl methyl sites for hydroxylation is 1. The number of para-hydroxylation sites is 1. The van der Waals surface area contributed by atoms with Gasteiger partial charge >= 0.3 is 0 Å². The lowest BCUT2D eigenvalue weighted by Gasteiger charge is -2.26. The van der Waals surface area contributed by atoms with Crippen molar-refractivity contribution in [2.45, 2.75) is 25.7 Å². The maximum atomic E-state index is 13.3. The van der Waals surface area contributed by atoms with Crippen LogP contribution in [-0.2, 0) is 17.6 Å². The number of fused-ring (bicyclic) bond motifs is 3. The smallest absolute Gasteiger partial charge is 0.279 e. The van der Waals surface area contributed by atoms with E-state index in [9.17, 15) is 4.79 Å². The van der Waals surface area contributed by atoms with Gasteiger partial charge in [0.15, 0.2) is 4.83 Å². The number of benzene rings is 1. The molecule has 3 N–H and O–H groups in total. The van der Waals surface area contributed by atoms with Crippen LogP contribution < -0.4 is 20.5 Å². The van der Waals surface area contributed by atoms with E-state index in [4.69, 9.17) is 10.5 Å². The Bertz CT molecular complexity index is 1090. The van der Waals surface area contributed by atoms with E-state index < -0.39 is 0 Å². The second-order valence-electron chi connectivity index (χ2n) is 7.99. The van der Waals surface area contributed by atoms with Gasteiger partial charge in [-0.15, -0.1) is 0 Å². The van der Waals surface area contributed by atoms with Crippen molar-refractivity contribution in [2.75, 3.05) is 48.9 Å². The van der Waals surface area contributed by atoms with Gasteiger partial charge in [-0.2, -0.15) is 0 Å². The number of hydrogen-bond donors (Lipinski definition) is 1. The first-order valence-electron chi connectivity index (χ1n) is 10.6. The SMILES string of the molecule is CN(C(=O)c1sc2[nH+]c(N3CCOCC3)c3c(c2c1N)CCCC3)c1ccccc1. The van der Waals surface area contributed by atoms with Crippen molar-refractivity contribution in [1.82, 2.24) is 0 Å². The number of anilines is 3. The summed E-state index contributed by atoms with van der Waals surface area (Å²) in [5.41, 5.74) is 10.8. The first-order chi connectivity index (χ1) is 14.6. The second kappa shape index (κ2) is 7.89. The van der Waals surface area contributed by atoms with Crippen molar-refractivity contribution >= 4 is 44.7 Å². The van der Waals surface area contributed by atoms with Crippen LogP contribution in [0.5, 0.6) is 0 Å². The van der Waals surface area contributed by atoms with E-state index in [1.54, 1.807) is 11.9 Å². The molecule has 156 valence electrons. The highest BCUT2D eigenvalue weighted by molar-refractivity contribution is 7.21. The van der Waals surface area contributed by atoms with Crippen LogP contribution in [0.25, 0.3) is 10.2 Å². The summed E-state index contributed by atoms with van der Waals surface area (Å²) in [6.45, 7) is 3.27. The van der Waals surface area contributed by atoms with E-state index in [-0.39, 0.29) is 5.91 Å². The van der Waals surface area contributed by atoms with Crippen molar-refractivity contribution in [3.63, 3.8) is 0 Å². The highest BCUT2D eigenvalue weighted by atomic mass is 32.1. The average molecular weight is 424 g/mol. The maximum Gasteiger partial charge on any atom is 0.279 e. The minimum absolute atomic E-state index is 0.0641. The number of nitrogen functional groups attached to an aromatic ring is 1. The molecule has 2 aliphatic rings. The van der Waals surface area contributed by atoms with Gasteiger partial charge in [-0.05, 0) is 43.4 Å². The number of ether oxygens (including phenoxy) is 1. The molecule has 1 aromatic carbocycles. The molecule has 5 rings (SSSR count). The Balaban J connectivity index is 1.62. The monoisotopic (exact) mass is 423 g/mol. The third kappa shape index (κ3) is 3.22. The Morgan fingerprint density at radius 2 is 1.83 bits per heavy atom. The van der Waals surface area contributed by atoms with E-state index in [0.717, 1.165) is 61.5 Å². The Kier molecular flexibility index (Phi) is 5.08. The summed E-state index contributed by atoms with van der Waals surface area (Å²) >= 11 is 1.48. The standard InChI is InChI=1S/C23H26N4O2S/c1-26(15-7-3-2-4-8-15)23(28)20-19(24)18-16-9-5-6-10-17(16)21(25-22(18)30-20)27-11-13-29-14-12-27/h2-4,7-8H,5-6,9-14,24H2,1H3/p+1. The fraction of sp³-hybridized carbons (Fsp3) is 0.391. The molecule has 1 aliphatic carbocycles. The minimum Gasteiger partial charge on any atom is -0.397 e. The van der Waals surface area contributed by atoms with Crippen LogP contribution in [0.15, 0.2) is 30.3 Å². The van der Waals surface area contributed by atoms with E-state index in [0.29, 0.717) is 10.6 Å². The molecule has 0 bridgehead atoms. The molecule has 7 heteroatoms. The number of pyridine rings is 1. The molecule has 0 spiro atoms. The van der Waals surface area contributed by atoms with Gasteiger partial charge in [0.2, 0.25) is 0 Å². The number of carbonyl (C=O) groups is 1. The highest BCUT2D eigenvalue weighted by Gasteiger charge is 2.32. The van der Waals surface area contributed by atoms with Gasteiger partial charge in [-0.25, -0.2) is 4.98 Å². The number of nitrogens with one attached hydrogen (secondary N) is 1. The van der Waals surface area contributed by atoms with E-state index in [2.05, 4.69) is 9.88 Å². The first kappa shape index (κ1) is 19.3. The van der Waals surface area contributed by atoms with Gasteiger partial charge in [0.05, 0.1) is 24.3 Å². The summed E-state index contributed by atoms with van der Waals surface area (Å²) in [5.74, 6) is 1.13. The Labute approximate surface area is 180 Å². The topological polar surface area (TPSA) is 72.9 Å². The Morgan fingerprint density at radius 1 is 1.13 bits per heavy atom. The number of amides is 1. The molecule has 0 unspecified atom stereocenters. The molecule has 1 fully saturated rings. The van der Waals surface area contributed by atoms with Gasteiger partial charge in [0.1, 0.15) is 18.0 Å². The molecule has 1 aliphatic heterocycles. The van der Waals surface area contributed by atoms with Crippen LogP contribution in [0.1, 0.15) is 33.6 Å². The second-order valence-corrected chi connectivity index (χ2v) is 9.01. The van der Waals surface area contributed by atoms with Gasteiger partial charge in [0, 0.05) is 18.3 Å². The van der Waals surface area contributed by atoms with Crippen molar-refractivity contribution in [3.8, 4) is 0 Å². The van der Waals surface area contributed by atoms with Crippen molar-refractivity contribution in [3.05, 3.63) is 46.3 Å². The lowest BCUT2D eigenvalue weighted by molar-refractivity contribution is -0.328. The predicted octanol–water partition coefficient (Wildman–Crippen LogP) is 3.29. The summed E-state index contributed by atoms with van der Waals surface area (Å²) < 4.78 is 5.55. The maximum absolute atomic E-state index is 13.3. The molecule has 30 heavy (non-hydrogen) atoms. The summed E-state index contributed by atoms with van der Waals surface area (Å²) in [4.78, 5) is 22.6. The molecule has 2 aromatic heterocycles. The Hall–Kier alpha value is -2.64. The van der Waals surface area contributed by atoms with E-state index in [1.807, 2.05) is 30.3 Å². The summed E-state index contributed by atoms with van der Waals surface area (Å²) in [5, 5.41) is 1.05. The predicted molar refractivity (Wildman–Crippen MR) is 122 cm³/mol. The number of nitrogens with zero attached hydrogens (tertiary/aromatic N) is 2. The van der Waals surface area contributed by atoms with Crippen molar-refractivity contribution in [1.29, 1.82) is 0 Å². The lowest BCUT2D eigenvalue weighted by atomic mass is 9.89. The van der Waals surface area contributed by atoms with Crippen LogP contribution in [0, 0.1) is 0 Å². The van der Waals surface area contributed by atoms with Crippen LogP contribution in [0.3, 0.4) is 0 Å². The fourth-order valence-electron chi connectivity index (χ4n) is 4.59. The Morgan fingerprint density at radius 3 is 2.57 bits per heavy atom. The fourth-order valence-corrected chi connectivity index (χ4v) is 5.72. The van der Waals surface area contributed by atoms with Crippen LogP contribution in [0.4, 0.5) is 17.2 Å². The zero-order chi connectivity index (χ0) is 20.7. The van der Waals surface area contributed by atoms with Crippen LogP contribution >= 0.6 is 11.3 Å². The van der Waals surface area contributed by atoms with Gasteiger partial charge < -0.3 is 15.4 Å².